The molecule has 0 unspecified atom stereocenters. The third-order valence-corrected chi connectivity index (χ3v) is 3.10. The average molecular weight is 261 g/mol. The highest BCUT2D eigenvalue weighted by atomic mass is 35.5. The molecule has 0 bridgehead atoms. The topological polar surface area (TPSA) is 38.7 Å². The smallest absolute Gasteiger partial charge is 0.174 e. The van der Waals surface area contributed by atoms with Crippen LogP contribution in [-0.4, -0.2) is 35.7 Å². The van der Waals surface area contributed by atoms with Crippen LogP contribution in [0, 0.1) is 0 Å². The molecule has 2 rings (SSSR count). The number of rotatable bonds is 4. The third kappa shape index (κ3) is 3.16. The number of aliphatic hydroxyl groups is 1. The van der Waals surface area contributed by atoms with E-state index in [0.717, 1.165) is 5.56 Å². The molecule has 1 aromatic carbocycles. The van der Waals surface area contributed by atoms with Crippen LogP contribution in [0.25, 0.3) is 0 Å². The molecule has 0 spiro atoms. The summed E-state index contributed by atoms with van der Waals surface area (Å²) in [4.78, 5) is 0. The quantitative estimate of drug-likeness (QED) is 0.840. The monoisotopic (exact) mass is 260 g/mol. The van der Waals surface area contributed by atoms with E-state index in [1.807, 2.05) is 30.3 Å². The molecule has 0 amide bonds. The van der Waals surface area contributed by atoms with Gasteiger partial charge in [-0.1, -0.05) is 30.3 Å². The number of halogens is 2. The van der Waals surface area contributed by atoms with E-state index in [9.17, 15) is 9.50 Å². The summed E-state index contributed by atoms with van der Waals surface area (Å²) in [6, 6.07) is 9.56. The van der Waals surface area contributed by atoms with Crippen LogP contribution in [0.2, 0.25) is 0 Å². The average Bonchev–Trinajstić information content (AvgIpc) is 2.59. The van der Waals surface area contributed by atoms with E-state index in [-0.39, 0.29) is 6.61 Å². The molecule has 0 radical (unpaired) electrons. The zero-order chi connectivity index (χ0) is 12.3. The fourth-order valence-corrected chi connectivity index (χ4v) is 1.91. The molecule has 1 heterocycles. The third-order valence-electron chi connectivity index (χ3n) is 2.64. The van der Waals surface area contributed by atoms with Gasteiger partial charge in [-0.2, -0.15) is 0 Å². The molecule has 1 N–H and O–H groups in total. The van der Waals surface area contributed by atoms with E-state index in [4.69, 9.17) is 21.1 Å². The van der Waals surface area contributed by atoms with Crippen molar-refractivity contribution in [3.05, 3.63) is 35.9 Å². The van der Waals surface area contributed by atoms with E-state index in [1.165, 1.54) is 0 Å². The van der Waals surface area contributed by atoms with Crippen molar-refractivity contribution in [3.63, 3.8) is 0 Å². The normalized spacial score (nSPS) is 32.9. The van der Waals surface area contributed by atoms with E-state index in [2.05, 4.69) is 0 Å². The molecule has 1 aromatic rings. The summed E-state index contributed by atoms with van der Waals surface area (Å²) in [6.45, 7) is 0.465. The molecule has 94 valence electrons. The summed E-state index contributed by atoms with van der Waals surface area (Å²) >= 11 is 5.60. The van der Waals surface area contributed by atoms with Crippen LogP contribution in [0.15, 0.2) is 30.3 Å². The number of ether oxygens (including phenoxy) is 2. The number of hydrogen-bond acceptors (Lipinski definition) is 3. The second-order valence-electron chi connectivity index (χ2n) is 3.95. The zero-order valence-electron chi connectivity index (χ0n) is 9.13. The fourth-order valence-electron chi connectivity index (χ4n) is 1.69. The second-order valence-corrected chi connectivity index (χ2v) is 4.46. The lowest BCUT2D eigenvalue weighted by Crippen LogP contribution is -2.27. The van der Waals surface area contributed by atoms with Crippen molar-refractivity contribution < 1.29 is 19.0 Å². The van der Waals surface area contributed by atoms with Crippen molar-refractivity contribution in [1.82, 2.24) is 0 Å². The van der Waals surface area contributed by atoms with Gasteiger partial charge in [0, 0.05) is 0 Å². The Balaban J connectivity index is 1.76. The molecular formula is C12H14ClFO3. The van der Waals surface area contributed by atoms with Crippen molar-refractivity contribution in [2.75, 3.05) is 6.61 Å². The minimum atomic E-state index is -1.40. The number of benzene rings is 1. The van der Waals surface area contributed by atoms with Gasteiger partial charge in [-0.25, -0.2) is 4.39 Å². The first-order valence-corrected chi connectivity index (χ1v) is 5.85. The Morgan fingerprint density at radius 3 is 2.65 bits per heavy atom. The Morgan fingerprint density at radius 2 is 2.06 bits per heavy atom. The Labute approximate surface area is 104 Å². The van der Waals surface area contributed by atoms with Crippen LogP contribution in [-0.2, 0) is 16.1 Å². The van der Waals surface area contributed by atoms with Crippen LogP contribution in [0.1, 0.15) is 5.56 Å². The molecule has 0 saturated carbocycles. The first-order chi connectivity index (χ1) is 8.18. The van der Waals surface area contributed by atoms with Gasteiger partial charge in [0.05, 0.1) is 13.2 Å². The molecule has 0 aliphatic carbocycles. The van der Waals surface area contributed by atoms with Crippen molar-refractivity contribution in [2.24, 2.45) is 0 Å². The highest BCUT2D eigenvalue weighted by Gasteiger charge is 2.43. The zero-order valence-corrected chi connectivity index (χ0v) is 9.89. The molecule has 1 saturated heterocycles. The van der Waals surface area contributed by atoms with E-state index >= 15 is 0 Å². The molecule has 0 aromatic heterocycles. The van der Waals surface area contributed by atoms with E-state index in [1.54, 1.807) is 0 Å². The molecule has 1 fully saturated rings. The van der Waals surface area contributed by atoms with E-state index < -0.39 is 23.9 Å². The Bertz CT molecular complexity index is 349. The van der Waals surface area contributed by atoms with Gasteiger partial charge in [-0.05, 0) is 5.56 Å². The predicted octanol–water partition coefficient (Wildman–Crippen LogP) is 1.87. The fraction of sp³-hybridized carbons (Fsp3) is 0.500. The molecule has 5 heteroatoms. The van der Waals surface area contributed by atoms with Crippen LogP contribution in [0.3, 0.4) is 0 Å². The summed E-state index contributed by atoms with van der Waals surface area (Å²) in [6.07, 6.45) is -3.45. The first kappa shape index (κ1) is 12.8. The van der Waals surface area contributed by atoms with Crippen molar-refractivity contribution in [1.29, 1.82) is 0 Å². The van der Waals surface area contributed by atoms with Gasteiger partial charge in [0.2, 0.25) is 0 Å². The predicted molar refractivity (Wildman–Crippen MR) is 61.5 cm³/mol. The van der Waals surface area contributed by atoms with Gasteiger partial charge in [0.1, 0.15) is 17.7 Å². The Kier molecular flexibility index (Phi) is 4.34. The maximum atomic E-state index is 13.5. The van der Waals surface area contributed by atoms with Crippen LogP contribution < -0.4 is 0 Å². The summed E-state index contributed by atoms with van der Waals surface area (Å²) in [7, 11) is 0. The highest BCUT2D eigenvalue weighted by molar-refractivity contribution is 6.21. The van der Waals surface area contributed by atoms with Crippen LogP contribution in [0.5, 0.6) is 0 Å². The lowest BCUT2D eigenvalue weighted by molar-refractivity contribution is -0.113. The molecule has 4 atom stereocenters. The standard InChI is InChI=1S/C12H14ClFO3/c13-10-11(14)9(17-12(10)15)7-16-6-8-4-2-1-3-5-8/h1-5,9-12,15H,6-7H2/t9-,10-,11-,12-/m1/s1. The minimum absolute atomic E-state index is 0.0797. The number of hydrogen-bond donors (Lipinski definition) is 1. The largest absolute Gasteiger partial charge is 0.374 e. The Hall–Kier alpha value is -0.680. The van der Waals surface area contributed by atoms with Crippen LogP contribution in [0.4, 0.5) is 4.39 Å². The maximum absolute atomic E-state index is 13.5. The SMILES string of the molecule is O[C@@H]1O[C@H](COCc2ccccc2)[C@@H](F)[C@H]1Cl. The summed E-state index contributed by atoms with van der Waals surface area (Å²) in [5.74, 6) is 0. The van der Waals surface area contributed by atoms with Crippen molar-refractivity contribution in [3.8, 4) is 0 Å². The molecule has 3 nitrogen and oxygen atoms in total. The number of aliphatic hydroxyl groups excluding tert-OH is 1. The molecule has 1 aliphatic heterocycles. The summed E-state index contributed by atoms with van der Waals surface area (Å²) in [5.41, 5.74) is 1.00. The summed E-state index contributed by atoms with van der Waals surface area (Å²) < 4.78 is 23.7. The van der Waals surface area contributed by atoms with Crippen molar-refractivity contribution >= 4 is 11.6 Å². The van der Waals surface area contributed by atoms with Gasteiger partial charge < -0.3 is 14.6 Å². The van der Waals surface area contributed by atoms with E-state index in [0.29, 0.717) is 6.61 Å². The summed E-state index contributed by atoms with van der Waals surface area (Å²) in [5, 5.41) is 8.19. The van der Waals surface area contributed by atoms with Crippen LogP contribution >= 0.6 is 11.6 Å². The van der Waals surface area contributed by atoms with Gasteiger partial charge in [0.15, 0.2) is 6.29 Å². The molecule has 17 heavy (non-hydrogen) atoms. The first-order valence-electron chi connectivity index (χ1n) is 5.42. The molecular weight excluding hydrogens is 247 g/mol. The highest BCUT2D eigenvalue weighted by Crippen LogP contribution is 2.27. The number of alkyl halides is 2. The lowest BCUT2D eigenvalue weighted by Gasteiger charge is -2.12. The molecule has 1 aliphatic rings. The van der Waals surface area contributed by atoms with Gasteiger partial charge >= 0.3 is 0 Å². The van der Waals surface area contributed by atoms with Gasteiger partial charge in [0.25, 0.3) is 0 Å². The maximum Gasteiger partial charge on any atom is 0.174 e. The van der Waals surface area contributed by atoms with Gasteiger partial charge in [-0.3, -0.25) is 0 Å². The lowest BCUT2D eigenvalue weighted by atomic mass is 10.2. The second kappa shape index (κ2) is 5.78. The van der Waals surface area contributed by atoms with Crippen molar-refractivity contribution in [2.45, 2.75) is 30.5 Å². The minimum Gasteiger partial charge on any atom is -0.374 e. The van der Waals surface area contributed by atoms with Gasteiger partial charge in [-0.15, -0.1) is 11.6 Å². The Morgan fingerprint density at radius 1 is 1.35 bits per heavy atom.